The van der Waals surface area contributed by atoms with Crippen LogP contribution >= 0.6 is 0 Å². The van der Waals surface area contributed by atoms with Crippen LogP contribution in [0.15, 0.2) is 77.7 Å². The third kappa shape index (κ3) is 4.96. The lowest BCUT2D eigenvalue weighted by Gasteiger charge is -2.10. The van der Waals surface area contributed by atoms with Gasteiger partial charge in [-0.3, -0.25) is 9.52 Å². The molecule has 29 heavy (non-hydrogen) atoms. The van der Waals surface area contributed by atoms with Gasteiger partial charge in [-0.2, -0.15) is 0 Å². The molecule has 0 bridgehead atoms. The van der Waals surface area contributed by atoms with Crippen LogP contribution in [0.5, 0.6) is 0 Å². The molecular formula is C20H14FN2O5S-. The van der Waals surface area contributed by atoms with Crippen LogP contribution in [0.25, 0.3) is 0 Å². The lowest BCUT2D eigenvalue weighted by molar-refractivity contribution is -0.255. The van der Waals surface area contributed by atoms with Crippen molar-refractivity contribution in [1.82, 2.24) is 0 Å². The van der Waals surface area contributed by atoms with Crippen molar-refractivity contribution < 1.29 is 27.5 Å². The van der Waals surface area contributed by atoms with E-state index in [9.17, 15) is 27.5 Å². The molecule has 1 amide bonds. The molecule has 0 spiro atoms. The van der Waals surface area contributed by atoms with Gasteiger partial charge in [0.15, 0.2) is 0 Å². The number of carbonyl (C=O) groups is 2. The molecule has 0 saturated carbocycles. The smallest absolute Gasteiger partial charge is 0.261 e. The number of benzene rings is 3. The summed E-state index contributed by atoms with van der Waals surface area (Å²) >= 11 is 0. The first-order valence-corrected chi connectivity index (χ1v) is 9.74. The van der Waals surface area contributed by atoms with E-state index in [1.54, 1.807) is 0 Å². The number of carboxylic acids is 1. The average Bonchev–Trinajstić information content (AvgIpc) is 2.68. The third-order valence-corrected chi connectivity index (χ3v) is 5.24. The van der Waals surface area contributed by atoms with E-state index in [0.29, 0.717) is 5.69 Å². The Morgan fingerprint density at radius 3 is 2.17 bits per heavy atom. The molecule has 7 nitrogen and oxygen atoms in total. The molecule has 148 valence electrons. The fourth-order valence-corrected chi connectivity index (χ4v) is 3.56. The Hall–Kier alpha value is -3.72. The largest absolute Gasteiger partial charge is 0.545 e. The van der Waals surface area contributed by atoms with Gasteiger partial charge in [-0.05, 0) is 54.1 Å². The summed E-state index contributed by atoms with van der Waals surface area (Å²) in [5.41, 5.74) is 0.398. The molecule has 3 rings (SSSR count). The monoisotopic (exact) mass is 413 g/mol. The van der Waals surface area contributed by atoms with E-state index in [-0.39, 0.29) is 21.7 Å². The molecule has 0 aliphatic heterocycles. The summed E-state index contributed by atoms with van der Waals surface area (Å²) in [5, 5.41) is 13.3. The van der Waals surface area contributed by atoms with Gasteiger partial charge in [0, 0.05) is 11.3 Å². The second-order valence-corrected chi connectivity index (χ2v) is 7.65. The second kappa shape index (κ2) is 8.11. The Kier molecular flexibility index (Phi) is 5.60. The molecule has 0 aliphatic rings. The van der Waals surface area contributed by atoms with Gasteiger partial charge in [0.2, 0.25) is 0 Å². The summed E-state index contributed by atoms with van der Waals surface area (Å²) in [6, 6.07) is 15.6. The Morgan fingerprint density at radius 2 is 1.52 bits per heavy atom. The van der Waals surface area contributed by atoms with Gasteiger partial charge in [0.25, 0.3) is 15.9 Å². The molecule has 0 saturated heterocycles. The molecule has 0 aromatic heterocycles. The van der Waals surface area contributed by atoms with E-state index >= 15 is 0 Å². The first-order valence-electron chi connectivity index (χ1n) is 8.26. The molecule has 0 heterocycles. The van der Waals surface area contributed by atoms with E-state index in [1.165, 1.54) is 66.7 Å². The van der Waals surface area contributed by atoms with Crippen LogP contribution in [-0.2, 0) is 10.0 Å². The molecule has 3 aromatic rings. The Morgan fingerprint density at radius 1 is 0.828 bits per heavy atom. The highest BCUT2D eigenvalue weighted by Crippen LogP contribution is 2.19. The normalized spacial score (nSPS) is 10.9. The van der Waals surface area contributed by atoms with Crippen molar-refractivity contribution in [2.24, 2.45) is 0 Å². The highest BCUT2D eigenvalue weighted by Gasteiger charge is 2.17. The topological polar surface area (TPSA) is 115 Å². The van der Waals surface area contributed by atoms with E-state index < -0.39 is 27.7 Å². The maximum absolute atomic E-state index is 13.3. The Balaban J connectivity index is 1.79. The molecular weight excluding hydrogens is 399 g/mol. The van der Waals surface area contributed by atoms with Crippen molar-refractivity contribution in [1.29, 1.82) is 0 Å². The summed E-state index contributed by atoms with van der Waals surface area (Å²) in [6.45, 7) is 0. The maximum Gasteiger partial charge on any atom is 0.261 e. The standard InChI is InChI=1S/C20H15FN2O5S/c21-15-4-2-5-17(12-15)23-29(27,28)18-6-1-3-14(11-18)19(24)22-16-9-7-13(8-10-16)20(25)26/h1-12,23H,(H,22,24)(H,25,26)/p-1. The number of amides is 1. The van der Waals surface area contributed by atoms with Crippen molar-refractivity contribution >= 4 is 33.3 Å². The predicted octanol–water partition coefficient (Wildman–Crippen LogP) is 2.24. The molecule has 9 heteroatoms. The minimum absolute atomic E-state index is 0.0421. The van der Waals surface area contributed by atoms with Crippen molar-refractivity contribution in [3.63, 3.8) is 0 Å². The fourth-order valence-electron chi connectivity index (χ4n) is 2.46. The Labute approximate surface area is 165 Å². The van der Waals surface area contributed by atoms with Crippen LogP contribution in [0.4, 0.5) is 15.8 Å². The summed E-state index contributed by atoms with van der Waals surface area (Å²) in [7, 11) is -4.04. The molecule has 0 radical (unpaired) electrons. The van der Waals surface area contributed by atoms with Crippen LogP contribution in [-0.4, -0.2) is 20.3 Å². The number of carboxylic acid groups (broad SMARTS) is 1. The molecule has 0 fully saturated rings. The van der Waals surface area contributed by atoms with Crippen LogP contribution < -0.4 is 15.1 Å². The lowest BCUT2D eigenvalue weighted by atomic mass is 10.2. The van der Waals surface area contributed by atoms with Gasteiger partial charge >= 0.3 is 0 Å². The van der Waals surface area contributed by atoms with Crippen molar-refractivity contribution in [2.45, 2.75) is 4.90 Å². The first kappa shape index (κ1) is 20.0. The first-order chi connectivity index (χ1) is 13.7. The van der Waals surface area contributed by atoms with E-state index in [0.717, 1.165) is 6.07 Å². The number of hydrogen-bond acceptors (Lipinski definition) is 5. The maximum atomic E-state index is 13.3. The van der Waals surface area contributed by atoms with Crippen molar-refractivity contribution in [3.05, 3.63) is 89.7 Å². The summed E-state index contributed by atoms with van der Waals surface area (Å²) in [6.07, 6.45) is 0. The average molecular weight is 413 g/mol. The number of sulfonamides is 1. The van der Waals surface area contributed by atoms with Gasteiger partial charge in [-0.25, -0.2) is 12.8 Å². The highest BCUT2D eigenvalue weighted by molar-refractivity contribution is 7.92. The van der Waals surface area contributed by atoms with Gasteiger partial charge < -0.3 is 15.2 Å². The molecule has 3 aromatic carbocycles. The van der Waals surface area contributed by atoms with E-state index in [4.69, 9.17) is 0 Å². The SMILES string of the molecule is O=C([O-])c1ccc(NC(=O)c2cccc(S(=O)(=O)Nc3cccc(F)c3)c2)cc1. The molecule has 0 aliphatic carbocycles. The van der Waals surface area contributed by atoms with Crippen molar-refractivity contribution in [2.75, 3.05) is 10.0 Å². The number of halogens is 1. The fraction of sp³-hybridized carbons (Fsp3) is 0. The number of nitrogens with one attached hydrogen (secondary N) is 2. The third-order valence-electron chi connectivity index (χ3n) is 3.86. The highest BCUT2D eigenvalue weighted by atomic mass is 32.2. The van der Waals surface area contributed by atoms with E-state index in [1.807, 2.05) is 0 Å². The zero-order chi connectivity index (χ0) is 21.0. The van der Waals surface area contributed by atoms with Crippen LogP contribution in [0.1, 0.15) is 20.7 Å². The van der Waals surface area contributed by atoms with E-state index in [2.05, 4.69) is 10.0 Å². The van der Waals surface area contributed by atoms with Gasteiger partial charge in [0.05, 0.1) is 16.6 Å². The van der Waals surface area contributed by atoms with Gasteiger partial charge in [0.1, 0.15) is 5.82 Å². The summed E-state index contributed by atoms with van der Waals surface area (Å²) in [4.78, 5) is 23.0. The second-order valence-electron chi connectivity index (χ2n) is 5.96. The quantitative estimate of drug-likeness (QED) is 0.643. The zero-order valence-electron chi connectivity index (χ0n) is 14.8. The molecule has 2 N–H and O–H groups in total. The van der Waals surface area contributed by atoms with Crippen LogP contribution in [0.2, 0.25) is 0 Å². The van der Waals surface area contributed by atoms with Crippen LogP contribution in [0.3, 0.4) is 0 Å². The zero-order valence-corrected chi connectivity index (χ0v) is 15.6. The van der Waals surface area contributed by atoms with Gasteiger partial charge in [-0.15, -0.1) is 0 Å². The minimum atomic E-state index is -4.04. The van der Waals surface area contributed by atoms with Crippen molar-refractivity contribution in [3.8, 4) is 0 Å². The van der Waals surface area contributed by atoms with Gasteiger partial charge in [-0.1, -0.05) is 24.3 Å². The molecule has 0 atom stereocenters. The number of rotatable bonds is 6. The lowest BCUT2D eigenvalue weighted by Crippen LogP contribution is -2.22. The number of hydrogen-bond donors (Lipinski definition) is 2. The summed E-state index contributed by atoms with van der Waals surface area (Å²) < 4.78 is 40.6. The molecule has 0 unspecified atom stereocenters. The number of carbonyl (C=O) groups excluding carboxylic acids is 2. The Bertz CT molecular complexity index is 1180. The predicted molar refractivity (Wildman–Crippen MR) is 102 cm³/mol. The minimum Gasteiger partial charge on any atom is -0.545 e. The number of aromatic carboxylic acids is 1. The number of anilines is 2. The summed E-state index contributed by atoms with van der Waals surface area (Å²) in [5.74, 6) is -2.52. The van der Waals surface area contributed by atoms with Crippen LogP contribution in [0, 0.1) is 5.82 Å².